The van der Waals surface area contributed by atoms with E-state index in [2.05, 4.69) is 20.6 Å². The Kier molecular flexibility index (Phi) is 8.65. The minimum Gasteiger partial charge on any atom is -0.480 e. The molecule has 0 aliphatic rings. The highest BCUT2D eigenvalue weighted by molar-refractivity contribution is 5.90. The minimum absolute atomic E-state index is 0.0553. The van der Waals surface area contributed by atoms with Crippen molar-refractivity contribution in [2.75, 3.05) is 6.54 Å². The molecule has 8 nitrogen and oxygen atoms in total. The van der Waals surface area contributed by atoms with Crippen molar-refractivity contribution >= 4 is 28.6 Å². The van der Waals surface area contributed by atoms with Gasteiger partial charge in [-0.1, -0.05) is 72.8 Å². The third-order valence-electron chi connectivity index (χ3n) is 6.32. The predicted octanol–water partition coefficient (Wildman–Crippen LogP) is 3.28. The number of amides is 2. The van der Waals surface area contributed by atoms with Gasteiger partial charge in [0, 0.05) is 31.3 Å². The molecule has 1 aromatic heterocycles. The summed E-state index contributed by atoms with van der Waals surface area (Å²) in [5.41, 5.74) is 2.63. The molecular weight excluding hydrogens is 468 g/mol. The molecule has 0 aliphatic heterocycles. The lowest BCUT2D eigenvalue weighted by Crippen LogP contribution is -2.46. The van der Waals surface area contributed by atoms with Crippen molar-refractivity contribution in [3.05, 3.63) is 102 Å². The summed E-state index contributed by atoms with van der Waals surface area (Å²) in [6.45, 7) is 0.447. The Labute approximate surface area is 215 Å². The molecule has 0 saturated carbocycles. The Balaban J connectivity index is 1.48. The van der Waals surface area contributed by atoms with Gasteiger partial charge in [0.25, 0.3) is 0 Å². The molecule has 0 saturated heterocycles. The van der Waals surface area contributed by atoms with Gasteiger partial charge in [-0.05, 0) is 34.7 Å². The number of imidazole rings is 1. The number of hydrogen-bond acceptors (Lipinski definition) is 4. The first-order chi connectivity index (χ1) is 18.0. The monoisotopic (exact) mass is 498 g/mol. The second-order valence-electron chi connectivity index (χ2n) is 9.01. The summed E-state index contributed by atoms with van der Waals surface area (Å²) in [5, 5.41) is 17.3. The van der Waals surface area contributed by atoms with Crippen molar-refractivity contribution in [2.45, 2.75) is 31.7 Å². The van der Waals surface area contributed by atoms with Gasteiger partial charge in [-0.2, -0.15) is 0 Å². The van der Waals surface area contributed by atoms with Crippen LogP contribution in [-0.4, -0.2) is 45.4 Å². The number of H-pyrrole nitrogens is 1. The summed E-state index contributed by atoms with van der Waals surface area (Å²) in [4.78, 5) is 44.9. The smallest absolute Gasteiger partial charge is 0.326 e. The Hall–Kier alpha value is -4.46. The third kappa shape index (κ3) is 7.27. The summed E-state index contributed by atoms with van der Waals surface area (Å²) in [6.07, 6.45) is 3.97. The zero-order valence-corrected chi connectivity index (χ0v) is 20.4. The lowest BCUT2D eigenvalue weighted by molar-refractivity contribution is -0.142. The van der Waals surface area contributed by atoms with Gasteiger partial charge in [0.05, 0.1) is 12.2 Å². The number of nitrogens with zero attached hydrogens (tertiary/aromatic N) is 1. The molecule has 3 aromatic carbocycles. The molecule has 2 amide bonds. The number of hydrogen-bond donors (Lipinski definition) is 4. The minimum atomic E-state index is -1.15. The fourth-order valence-electron chi connectivity index (χ4n) is 4.39. The Morgan fingerprint density at radius 1 is 0.919 bits per heavy atom. The first kappa shape index (κ1) is 25.6. The van der Waals surface area contributed by atoms with E-state index in [1.165, 1.54) is 12.5 Å². The number of carboxylic acid groups (broad SMARTS) is 1. The molecule has 2 unspecified atom stereocenters. The molecule has 4 N–H and O–H groups in total. The Bertz CT molecular complexity index is 1330. The molecule has 0 fully saturated rings. The summed E-state index contributed by atoms with van der Waals surface area (Å²) < 4.78 is 0. The van der Waals surface area contributed by atoms with E-state index in [9.17, 15) is 19.5 Å². The lowest BCUT2D eigenvalue weighted by atomic mass is 9.91. The van der Waals surface area contributed by atoms with Crippen LogP contribution in [0.15, 0.2) is 85.3 Å². The van der Waals surface area contributed by atoms with E-state index in [0.717, 1.165) is 21.9 Å². The molecule has 2 atom stereocenters. The molecule has 0 bridgehead atoms. The molecule has 190 valence electrons. The van der Waals surface area contributed by atoms with E-state index in [-0.39, 0.29) is 18.7 Å². The molecule has 0 aliphatic carbocycles. The average molecular weight is 499 g/mol. The van der Waals surface area contributed by atoms with Crippen molar-refractivity contribution < 1.29 is 19.5 Å². The van der Waals surface area contributed by atoms with Crippen LogP contribution in [0.5, 0.6) is 0 Å². The molecule has 37 heavy (non-hydrogen) atoms. The summed E-state index contributed by atoms with van der Waals surface area (Å²) >= 11 is 0. The summed E-state index contributed by atoms with van der Waals surface area (Å²) in [7, 11) is 0. The van der Waals surface area contributed by atoms with Crippen LogP contribution in [0.3, 0.4) is 0 Å². The van der Waals surface area contributed by atoms with Crippen molar-refractivity contribution in [2.24, 2.45) is 5.92 Å². The van der Waals surface area contributed by atoms with E-state index in [4.69, 9.17) is 0 Å². The number of rotatable bonds is 12. The standard InChI is InChI=1S/C29H30N4O4/c34-27(31-14-13-20-7-2-1-3-8-20)16-23(15-22-11-6-10-21-9-4-5-12-25(21)22)28(35)33-26(29(36)37)17-24-18-30-19-32-24/h1-12,18-19,23,26H,13-17H2,(H,30,32)(H,31,34)(H,33,35)(H,36,37). The SMILES string of the molecule is O=C(CC(Cc1cccc2ccccc12)C(=O)NC(Cc1cnc[nH]1)C(=O)O)NCCc1ccccc1. The maximum absolute atomic E-state index is 13.4. The van der Waals surface area contributed by atoms with Crippen LogP contribution in [0.25, 0.3) is 10.8 Å². The maximum Gasteiger partial charge on any atom is 0.326 e. The Morgan fingerprint density at radius 3 is 2.43 bits per heavy atom. The fourth-order valence-corrected chi connectivity index (χ4v) is 4.39. The molecule has 4 aromatic rings. The fraction of sp³-hybridized carbons (Fsp3) is 0.241. The highest BCUT2D eigenvalue weighted by Crippen LogP contribution is 2.23. The third-order valence-corrected chi connectivity index (χ3v) is 6.32. The summed E-state index contributed by atoms with van der Waals surface area (Å²) in [5.74, 6) is -2.62. The molecule has 0 spiro atoms. The number of aromatic nitrogens is 2. The molecule has 1 heterocycles. The van der Waals surface area contributed by atoms with Gasteiger partial charge < -0.3 is 20.7 Å². The second-order valence-corrected chi connectivity index (χ2v) is 9.01. The highest BCUT2D eigenvalue weighted by atomic mass is 16.4. The number of aromatic amines is 1. The van der Waals surface area contributed by atoms with Gasteiger partial charge in [0.15, 0.2) is 0 Å². The first-order valence-corrected chi connectivity index (χ1v) is 12.3. The average Bonchev–Trinajstić information content (AvgIpc) is 3.42. The van der Waals surface area contributed by atoms with E-state index in [1.54, 1.807) is 0 Å². The lowest BCUT2D eigenvalue weighted by Gasteiger charge is -2.21. The number of aliphatic carboxylic acids is 1. The van der Waals surface area contributed by atoms with Crippen LogP contribution in [0.1, 0.15) is 23.2 Å². The van der Waals surface area contributed by atoms with Gasteiger partial charge in [-0.15, -0.1) is 0 Å². The van der Waals surface area contributed by atoms with Crippen molar-refractivity contribution in [3.63, 3.8) is 0 Å². The second kappa shape index (κ2) is 12.5. The number of carboxylic acids is 1. The molecule has 8 heteroatoms. The molecule has 4 rings (SSSR count). The number of carbonyl (C=O) groups is 3. The van der Waals surface area contributed by atoms with Crippen LogP contribution in [-0.2, 0) is 33.6 Å². The van der Waals surface area contributed by atoms with E-state index in [0.29, 0.717) is 25.1 Å². The largest absolute Gasteiger partial charge is 0.480 e. The molecular formula is C29H30N4O4. The highest BCUT2D eigenvalue weighted by Gasteiger charge is 2.28. The van der Waals surface area contributed by atoms with Crippen molar-refractivity contribution in [3.8, 4) is 0 Å². The van der Waals surface area contributed by atoms with Crippen LogP contribution < -0.4 is 10.6 Å². The first-order valence-electron chi connectivity index (χ1n) is 12.3. The number of nitrogens with one attached hydrogen (secondary N) is 3. The number of fused-ring (bicyclic) bond motifs is 1. The molecule has 0 radical (unpaired) electrons. The summed E-state index contributed by atoms with van der Waals surface area (Å²) in [6, 6.07) is 22.4. The van der Waals surface area contributed by atoms with Crippen LogP contribution in [0, 0.1) is 5.92 Å². The van der Waals surface area contributed by atoms with E-state index < -0.39 is 23.8 Å². The maximum atomic E-state index is 13.4. The number of benzene rings is 3. The van der Waals surface area contributed by atoms with Crippen LogP contribution in [0.4, 0.5) is 0 Å². The van der Waals surface area contributed by atoms with Gasteiger partial charge in [0.2, 0.25) is 11.8 Å². The topological polar surface area (TPSA) is 124 Å². The van der Waals surface area contributed by atoms with Crippen LogP contribution >= 0.6 is 0 Å². The van der Waals surface area contributed by atoms with Gasteiger partial charge in [-0.25, -0.2) is 9.78 Å². The normalized spacial score (nSPS) is 12.5. The van der Waals surface area contributed by atoms with E-state index in [1.807, 2.05) is 72.8 Å². The van der Waals surface area contributed by atoms with Gasteiger partial charge >= 0.3 is 5.97 Å². The van der Waals surface area contributed by atoms with Crippen molar-refractivity contribution in [1.82, 2.24) is 20.6 Å². The van der Waals surface area contributed by atoms with E-state index >= 15 is 0 Å². The van der Waals surface area contributed by atoms with Gasteiger partial charge in [-0.3, -0.25) is 9.59 Å². The van der Waals surface area contributed by atoms with Gasteiger partial charge in [0.1, 0.15) is 6.04 Å². The zero-order valence-electron chi connectivity index (χ0n) is 20.4. The quantitative estimate of drug-likeness (QED) is 0.239. The predicted molar refractivity (Wildman–Crippen MR) is 141 cm³/mol. The Morgan fingerprint density at radius 2 is 1.68 bits per heavy atom. The number of carbonyl (C=O) groups excluding carboxylic acids is 2. The van der Waals surface area contributed by atoms with Crippen molar-refractivity contribution in [1.29, 1.82) is 0 Å². The van der Waals surface area contributed by atoms with Crippen LogP contribution in [0.2, 0.25) is 0 Å². The zero-order chi connectivity index (χ0) is 26.0.